The van der Waals surface area contributed by atoms with Crippen molar-refractivity contribution in [1.29, 1.82) is 0 Å². The van der Waals surface area contributed by atoms with Gasteiger partial charge in [0.1, 0.15) is 0 Å². The van der Waals surface area contributed by atoms with E-state index in [0.29, 0.717) is 0 Å². The van der Waals surface area contributed by atoms with Crippen LogP contribution in [0.25, 0.3) is 0 Å². The molecule has 0 aromatic heterocycles. The van der Waals surface area contributed by atoms with Gasteiger partial charge in [-0.25, -0.2) is 0 Å². The summed E-state index contributed by atoms with van der Waals surface area (Å²) in [7, 11) is 0. The topological polar surface area (TPSA) is 0 Å². The van der Waals surface area contributed by atoms with E-state index in [9.17, 15) is 0 Å². The average Bonchev–Trinajstić information content (AvgIpc) is 2.66. The summed E-state index contributed by atoms with van der Waals surface area (Å²) in [4.78, 5) is 0. The second kappa shape index (κ2) is 22.8. The van der Waals surface area contributed by atoms with Gasteiger partial charge in [-0.15, -0.1) is 0 Å². The van der Waals surface area contributed by atoms with Crippen molar-refractivity contribution in [2.24, 2.45) is 5.92 Å². The Labute approximate surface area is 167 Å². The van der Waals surface area contributed by atoms with Crippen LogP contribution in [0.3, 0.4) is 0 Å². The minimum absolute atomic E-state index is 0.940. The number of hydrogen-bond acceptors (Lipinski definition) is 0. The van der Waals surface area contributed by atoms with Crippen molar-refractivity contribution in [2.45, 2.75) is 135 Å². The minimum Gasteiger partial charge on any atom is -0.0885 e. The maximum absolute atomic E-state index is 3.94. The summed E-state index contributed by atoms with van der Waals surface area (Å²) in [5, 5.41) is 0. The Morgan fingerprint density at radius 2 is 1.00 bits per heavy atom. The van der Waals surface area contributed by atoms with Gasteiger partial charge in [0.05, 0.1) is 0 Å². The van der Waals surface area contributed by atoms with E-state index in [0.717, 1.165) is 18.8 Å². The van der Waals surface area contributed by atoms with E-state index >= 15 is 0 Å². The average molecular weight is 363 g/mol. The molecule has 0 aliphatic carbocycles. The molecule has 0 rings (SSSR count). The second-order valence-corrected chi connectivity index (χ2v) is 8.20. The highest BCUT2D eigenvalue weighted by Gasteiger charge is 2.04. The van der Waals surface area contributed by atoms with Gasteiger partial charge in [0, 0.05) is 0 Å². The van der Waals surface area contributed by atoms with Crippen LogP contribution >= 0.6 is 0 Å². The van der Waals surface area contributed by atoms with Crippen molar-refractivity contribution >= 4 is 0 Å². The van der Waals surface area contributed by atoms with Gasteiger partial charge in [0.25, 0.3) is 0 Å². The van der Waals surface area contributed by atoms with E-state index in [-0.39, 0.29) is 0 Å². The van der Waals surface area contributed by atoms with E-state index in [1.807, 2.05) is 0 Å². The molecule has 1 unspecified atom stereocenters. The maximum atomic E-state index is 3.94. The predicted molar refractivity (Wildman–Crippen MR) is 121 cm³/mol. The first-order valence-electron chi connectivity index (χ1n) is 12.1. The summed E-state index contributed by atoms with van der Waals surface area (Å²) in [6.45, 7) is 10.2. The summed E-state index contributed by atoms with van der Waals surface area (Å²) in [6.07, 6.45) is 32.2. The van der Waals surface area contributed by atoms with Crippen LogP contribution in [0.15, 0.2) is 12.2 Å². The lowest BCUT2D eigenvalue weighted by atomic mass is 9.94. The van der Waals surface area contributed by atoms with Gasteiger partial charge in [-0.1, -0.05) is 136 Å². The number of hydrogen-bond donors (Lipinski definition) is 0. The smallest absolute Gasteiger partial charge is 0.0348 e. The van der Waals surface area contributed by atoms with Crippen molar-refractivity contribution in [3.8, 4) is 0 Å². The van der Waals surface area contributed by atoms with Gasteiger partial charge < -0.3 is 0 Å². The third kappa shape index (κ3) is 20.1. The molecule has 1 atom stereocenters. The molecule has 2 radical (unpaired) electrons. The highest BCUT2D eigenvalue weighted by Crippen LogP contribution is 2.19. The maximum Gasteiger partial charge on any atom is -0.0348 e. The van der Waals surface area contributed by atoms with Crippen LogP contribution in [-0.2, 0) is 0 Å². The number of rotatable bonds is 21. The summed E-state index contributed by atoms with van der Waals surface area (Å²) in [5.41, 5.74) is 0. The largest absolute Gasteiger partial charge is 0.0885 e. The Hall–Kier alpha value is -0.260. The van der Waals surface area contributed by atoms with Gasteiger partial charge >= 0.3 is 0 Å². The molecule has 0 N–H and O–H groups in total. The summed E-state index contributed by atoms with van der Waals surface area (Å²) >= 11 is 0. The number of unbranched alkanes of at least 4 members (excludes halogenated alkanes) is 14. The molecule has 0 aliphatic rings. The Morgan fingerprint density at radius 3 is 1.54 bits per heavy atom. The fourth-order valence-electron chi connectivity index (χ4n) is 3.76. The van der Waals surface area contributed by atoms with Crippen LogP contribution in [0.1, 0.15) is 135 Å². The van der Waals surface area contributed by atoms with E-state index < -0.39 is 0 Å². The van der Waals surface area contributed by atoms with Gasteiger partial charge in [-0.2, -0.15) is 0 Å². The van der Waals surface area contributed by atoms with Gasteiger partial charge in [0.15, 0.2) is 0 Å². The van der Waals surface area contributed by atoms with E-state index in [1.165, 1.54) is 116 Å². The normalized spacial score (nSPS) is 12.9. The first-order chi connectivity index (χ1) is 12.8. The molecule has 0 heterocycles. The van der Waals surface area contributed by atoms with Crippen molar-refractivity contribution in [3.05, 3.63) is 26.0 Å². The third-order valence-corrected chi connectivity index (χ3v) is 5.72. The molecule has 0 aromatic rings. The van der Waals surface area contributed by atoms with E-state index in [4.69, 9.17) is 0 Å². The van der Waals surface area contributed by atoms with Crippen molar-refractivity contribution in [3.63, 3.8) is 0 Å². The third-order valence-electron chi connectivity index (χ3n) is 5.72. The summed E-state index contributed by atoms with van der Waals surface area (Å²) in [5.74, 6) is 0.940. The second-order valence-electron chi connectivity index (χ2n) is 8.20. The fraction of sp³-hybridized carbons (Fsp3) is 0.846. The van der Waals surface area contributed by atoms with Crippen LogP contribution in [0.5, 0.6) is 0 Å². The van der Waals surface area contributed by atoms with Crippen molar-refractivity contribution in [1.82, 2.24) is 0 Å². The van der Waals surface area contributed by atoms with Crippen molar-refractivity contribution in [2.75, 3.05) is 0 Å². The monoisotopic (exact) mass is 362 g/mol. The first-order valence-corrected chi connectivity index (χ1v) is 12.1. The lowest BCUT2D eigenvalue weighted by Gasteiger charge is -2.12. The van der Waals surface area contributed by atoms with Gasteiger partial charge in [-0.3, -0.25) is 0 Å². The first kappa shape index (κ1) is 25.7. The summed E-state index contributed by atoms with van der Waals surface area (Å²) in [6, 6.07) is 0. The zero-order chi connectivity index (χ0) is 19.1. The highest BCUT2D eigenvalue weighted by atomic mass is 14.1. The Kier molecular flexibility index (Phi) is 22.6. The van der Waals surface area contributed by atoms with Crippen molar-refractivity contribution < 1.29 is 0 Å². The van der Waals surface area contributed by atoms with Gasteiger partial charge in [0.2, 0.25) is 0 Å². The Balaban J connectivity index is 3.25. The molecule has 26 heavy (non-hydrogen) atoms. The molecule has 0 nitrogen and oxygen atoms in total. The molecule has 0 bridgehead atoms. The Morgan fingerprint density at radius 1 is 0.538 bits per heavy atom. The standard InChI is InChI=1S/C26H50/c1-4-7-9-10-11-12-13-14-15-16-17-18-19-20-21-23-25-26(6-3)24-22-8-5-2/h20-21,26H,1-2,4-19,22-25H2,3H3. The molecule has 0 saturated heterocycles. The van der Waals surface area contributed by atoms with Crippen LogP contribution in [-0.4, -0.2) is 0 Å². The minimum atomic E-state index is 0.940. The molecule has 0 fully saturated rings. The zero-order valence-electron chi connectivity index (χ0n) is 18.3. The quantitative estimate of drug-likeness (QED) is 0.141. The molecule has 154 valence electrons. The van der Waals surface area contributed by atoms with E-state index in [2.05, 4.69) is 32.9 Å². The van der Waals surface area contributed by atoms with Crippen LogP contribution in [0.4, 0.5) is 0 Å². The molecular formula is C26H50. The molecular weight excluding hydrogens is 312 g/mol. The lowest BCUT2D eigenvalue weighted by molar-refractivity contribution is 0.421. The Bertz CT molecular complexity index is 265. The lowest BCUT2D eigenvalue weighted by Crippen LogP contribution is -1.98. The van der Waals surface area contributed by atoms with Crippen LogP contribution in [0, 0.1) is 19.8 Å². The predicted octanol–water partition coefficient (Wildman–Crippen LogP) is 9.65. The molecule has 0 spiro atoms. The molecule has 0 amide bonds. The number of allylic oxidation sites excluding steroid dienone is 2. The van der Waals surface area contributed by atoms with Crippen LogP contribution in [0.2, 0.25) is 0 Å². The molecule has 0 heteroatoms. The van der Waals surface area contributed by atoms with Gasteiger partial charge in [-0.05, 0) is 31.6 Å². The summed E-state index contributed by atoms with van der Waals surface area (Å²) < 4.78 is 0. The van der Waals surface area contributed by atoms with Crippen LogP contribution < -0.4 is 0 Å². The fourth-order valence-corrected chi connectivity index (χ4v) is 3.76. The molecule has 0 aromatic carbocycles. The molecule has 0 saturated carbocycles. The SMILES string of the molecule is [CH2]CCCCCCCCCCCCCC=CCCC(CC)CCCC[CH2]. The zero-order valence-corrected chi connectivity index (χ0v) is 18.3. The molecule has 0 aliphatic heterocycles. The van der Waals surface area contributed by atoms with E-state index in [1.54, 1.807) is 0 Å². The highest BCUT2D eigenvalue weighted by molar-refractivity contribution is 4.82.